The van der Waals surface area contributed by atoms with Gasteiger partial charge in [-0.3, -0.25) is 9.69 Å². The van der Waals surface area contributed by atoms with Crippen LogP contribution in [0.25, 0.3) is 6.08 Å². The summed E-state index contributed by atoms with van der Waals surface area (Å²) in [6.07, 6.45) is 2.82. The van der Waals surface area contributed by atoms with E-state index < -0.39 is 0 Å². The average molecular weight is 553 g/mol. The lowest BCUT2D eigenvalue weighted by atomic mass is 10.2. The van der Waals surface area contributed by atoms with Crippen molar-refractivity contribution in [2.45, 2.75) is 20.3 Å². The zero-order valence-corrected chi connectivity index (χ0v) is 23.2. The van der Waals surface area contributed by atoms with E-state index in [2.05, 4.69) is 18.7 Å². The number of hydrogen-bond acceptors (Lipinski definition) is 6. The summed E-state index contributed by atoms with van der Waals surface area (Å²) < 4.78 is 12.2. The first-order chi connectivity index (χ1) is 18.0. The van der Waals surface area contributed by atoms with Crippen molar-refractivity contribution in [3.8, 4) is 17.2 Å². The maximum Gasteiger partial charge on any atom is 0.270 e. The van der Waals surface area contributed by atoms with Crippen molar-refractivity contribution >= 4 is 57.6 Å². The van der Waals surface area contributed by atoms with Crippen LogP contribution in [0.15, 0.2) is 77.7 Å². The van der Waals surface area contributed by atoms with Crippen LogP contribution in [0.1, 0.15) is 25.8 Å². The van der Waals surface area contributed by atoms with Crippen molar-refractivity contribution in [3.63, 3.8) is 0 Å². The molecule has 8 heteroatoms. The molecule has 0 unspecified atom stereocenters. The number of hydrogen-bond donors (Lipinski definition) is 0. The van der Waals surface area contributed by atoms with E-state index in [-0.39, 0.29) is 5.91 Å². The van der Waals surface area contributed by atoms with E-state index in [1.165, 1.54) is 11.8 Å². The number of thiocarbonyl (C=S) groups is 1. The predicted molar refractivity (Wildman–Crippen MR) is 158 cm³/mol. The van der Waals surface area contributed by atoms with Crippen LogP contribution >= 0.6 is 35.6 Å². The highest BCUT2D eigenvalue weighted by Gasteiger charge is 2.33. The molecule has 1 fully saturated rings. The summed E-state index contributed by atoms with van der Waals surface area (Å²) in [5, 5.41) is 0.658. The van der Waals surface area contributed by atoms with Crippen molar-refractivity contribution in [2.24, 2.45) is 0 Å². The van der Waals surface area contributed by atoms with Crippen LogP contribution in [-0.4, -0.2) is 41.4 Å². The van der Waals surface area contributed by atoms with E-state index in [1.54, 1.807) is 17.0 Å². The molecule has 1 saturated heterocycles. The maximum absolute atomic E-state index is 13.2. The van der Waals surface area contributed by atoms with Crippen molar-refractivity contribution in [3.05, 3.63) is 88.3 Å². The molecule has 1 heterocycles. The highest BCUT2D eigenvalue weighted by Crippen LogP contribution is 2.36. The minimum absolute atomic E-state index is 0.135. The highest BCUT2D eigenvalue weighted by molar-refractivity contribution is 8.27. The second-order valence-electron chi connectivity index (χ2n) is 8.36. The van der Waals surface area contributed by atoms with Gasteiger partial charge in [0.1, 0.15) is 17.2 Å². The van der Waals surface area contributed by atoms with Crippen LogP contribution in [0.5, 0.6) is 17.2 Å². The number of halogens is 1. The lowest BCUT2D eigenvalue weighted by Crippen LogP contribution is -2.27. The molecule has 0 aliphatic carbocycles. The molecule has 0 spiro atoms. The first-order valence-corrected chi connectivity index (χ1v) is 13.8. The summed E-state index contributed by atoms with van der Waals surface area (Å²) >= 11 is 12.7. The first-order valence-electron chi connectivity index (χ1n) is 12.2. The van der Waals surface area contributed by atoms with Gasteiger partial charge in [-0.15, -0.1) is 0 Å². The fraction of sp³-hybridized carbons (Fsp3) is 0.241. The van der Waals surface area contributed by atoms with Gasteiger partial charge in [-0.2, -0.15) is 0 Å². The minimum atomic E-state index is -0.135. The number of nitrogens with zero attached hydrogens (tertiary/aromatic N) is 2. The Kier molecular flexibility index (Phi) is 9.63. The monoisotopic (exact) mass is 552 g/mol. The zero-order valence-electron chi connectivity index (χ0n) is 20.9. The number of carbonyl (C=O) groups is 1. The topological polar surface area (TPSA) is 42.0 Å². The number of amides is 1. The Balaban J connectivity index is 1.35. The van der Waals surface area contributed by atoms with Gasteiger partial charge in [0.05, 0.1) is 17.2 Å². The van der Waals surface area contributed by atoms with Crippen molar-refractivity contribution in [1.29, 1.82) is 0 Å². The van der Waals surface area contributed by atoms with Gasteiger partial charge in [-0.05, 0) is 91.8 Å². The molecule has 0 saturated carbocycles. The van der Waals surface area contributed by atoms with Crippen molar-refractivity contribution in [2.75, 3.05) is 31.1 Å². The van der Waals surface area contributed by atoms with Crippen molar-refractivity contribution < 1.29 is 14.3 Å². The smallest absolute Gasteiger partial charge is 0.270 e. The normalized spacial score (nSPS) is 14.6. The Labute approximate surface area is 233 Å². The van der Waals surface area contributed by atoms with E-state index in [4.69, 9.17) is 33.3 Å². The molecule has 0 N–H and O–H groups in total. The highest BCUT2D eigenvalue weighted by atomic mass is 35.5. The molecular formula is C29H29ClN2O3S2. The Hall–Kier alpha value is -2.84. The Morgan fingerprint density at radius 2 is 1.51 bits per heavy atom. The molecular weight excluding hydrogens is 524 g/mol. The molecule has 37 heavy (non-hydrogen) atoms. The van der Waals surface area contributed by atoms with Gasteiger partial charge in [0, 0.05) is 11.6 Å². The summed E-state index contributed by atoms with van der Waals surface area (Å²) in [6.45, 7) is 8.11. The van der Waals surface area contributed by atoms with Crippen LogP contribution in [-0.2, 0) is 4.79 Å². The largest absolute Gasteiger partial charge is 0.494 e. The van der Waals surface area contributed by atoms with Crippen LogP contribution < -0.4 is 14.4 Å². The number of benzene rings is 3. The fourth-order valence-corrected chi connectivity index (χ4v) is 5.25. The van der Waals surface area contributed by atoms with Gasteiger partial charge in [-0.25, -0.2) is 0 Å². The molecule has 5 nitrogen and oxygen atoms in total. The number of rotatable bonds is 11. The van der Waals surface area contributed by atoms with Crippen LogP contribution in [0, 0.1) is 0 Å². The molecule has 4 rings (SSSR count). The van der Waals surface area contributed by atoms with Crippen molar-refractivity contribution in [1.82, 2.24) is 4.90 Å². The second-order valence-corrected chi connectivity index (χ2v) is 10.5. The second kappa shape index (κ2) is 13.1. The molecule has 1 aliphatic heterocycles. The Morgan fingerprint density at radius 1 is 0.919 bits per heavy atom. The van der Waals surface area contributed by atoms with Gasteiger partial charge in [-0.1, -0.05) is 61.6 Å². The number of ether oxygens (including phenoxy) is 2. The van der Waals surface area contributed by atoms with E-state index >= 15 is 0 Å². The molecule has 1 amide bonds. The van der Waals surface area contributed by atoms with Crippen LogP contribution in [0.2, 0.25) is 5.02 Å². The standard InChI is InChI=1S/C29H29ClN2O3S2/c1-3-31(4-2)18-5-19-34-24-16-10-23(11-17-24)32-28(33)27(37-29(32)36)20-21-6-12-25(13-7-21)35-26-14-8-22(30)9-15-26/h6-17,20H,3-5,18-19H2,1-2H3/b27-20-. The molecule has 192 valence electrons. The maximum atomic E-state index is 13.2. The summed E-state index contributed by atoms with van der Waals surface area (Å²) in [4.78, 5) is 17.7. The number of thioether (sulfide) groups is 1. The van der Waals surface area contributed by atoms with E-state index in [0.717, 1.165) is 43.1 Å². The Bertz CT molecular complexity index is 1240. The van der Waals surface area contributed by atoms with E-state index in [1.807, 2.05) is 66.7 Å². The van der Waals surface area contributed by atoms with Gasteiger partial charge >= 0.3 is 0 Å². The lowest BCUT2D eigenvalue weighted by molar-refractivity contribution is -0.113. The third-order valence-corrected chi connectivity index (χ3v) is 7.45. The zero-order chi connectivity index (χ0) is 26.2. The third-order valence-electron chi connectivity index (χ3n) is 5.90. The summed E-state index contributed by atoms with van der Waals surface area (Å²) in [7, 11) is 0. The minimum Gasteiger partial charge on any atom is -0.494 e. The predicted octanol–water partition coefficient (Wildman–Crippen LogP) is 7.65. The Morgan fingerprint density at radius 3 is 2.14 bits per heavy atom. The molecule has 0 atom stereocenters. The molecule has 0 aromatic heterocycles. The molecule has 3 aromatic carbocycles. The number of carbonyl (C=O) groups excluding carboxylic acids is 1. The molecule has 0 bridgehead atoms. The first kappa shape index (κ1) is 27.2. The van der Waals surface area contributed by atoms with E-state index in [9.17, 15) is 4.79 Å². The lowest BCUT2D eigenvalue weighted by Gasteiger charge is -2.18. The third kappa shape index (κ3) is 7.36. The van der Waals surface area contributed by atoms with Gasteiger partial charge in [0.15, 0.2) is 4.32 Å². The summed E-state index contributed by atoms with van der Waals surface area (Å²) in [6, 6.07) is 22.2. The number of anilines is 1. The van der Waals surface area contributed by atoms with E-state index in [0.29, 0.717) is 32.4 Å². The summed E-state index contributed by atoms with van der Waals surface area (Å²) in [5.74, 6) is 2.05. The van der Waals surface area contributed by atoms with Crippen LogP contribution in [0.4, 0.5) is 5.69 Å². The van der Waals surface area contributed by atoms with Crippen LogP contribution in [0.3, 0.4) is 0 Å². The molecule has 0 radical (unpaired) electrons. The summed E-state index contributed by atoms with van der Waals surface area (Å²) in [5.41, 5.74) is 1.62. The molecule has 3 aromatic rings. The van der Waals surface area contributed by atoms with Gasteiger partial charge in [0.25, 0.3) is 5.91 Å². The fourth-order valence-electron chi connectivity index (χ4n) is 3.82. The average Bonchev–Trinajstić information content (AvgIpc) is 3.19. The SMILES string of the molecule is CCN(CC)CCCOc1ccc(N2C(=O)/C(=C/c3ccc(Oc4ccc(Cl)cc4)cc3)SC2=S)cc1. The quantitative estimate of drug-likeness (QED) is 0.138. The molecule has 1 aliphatic rings. The van der Waals surface area contributed by atoms with Gasteiger partial charge < -0.3 is 14.4 Å². The van der Waals surface area contributed by atoms with Gasteiger partial charge in [0.2, 0.25) is 0 Å².